The Labute approximate surface area is 236 Å². The standard InChI is InChI=1S/C30H41N5O5/c1-5-12-31-30(37)34(14-13-33-15-17-40-18-16-33)21-29(36)35-27(23-8-6-22(2)7-9-23)20-26(32-35)25-11-10-24(38-3)19-28(25)39-4/h6-11,19,27H,5,12-18,20-21H2,1-4H3,(H,31,37)/t27-/m1/s1. The fraction of sp³-hybridized carbons (Fsp3) is 0.500. The Balaban J connectivity index is 1.59. The molecule has 2 aliphatic heterocycles. The molecule has 0 aliphatic carbocycles. The van der Waals surface area contributed by atoms with E-state index >= 15 is 0 Å². The SMILES string of the molecule is CCCNC(=O)N(CCN1CCOCC1)CC(=O)N1N=C(c2ccc(OC)cc2OC)C[C@@H]1c1ccc(C)cc1. The van der Waals surface area contributed by atoms with E-state index in [1.807, 2.05) is 56.3 Å². The van der Waals surface area contributed by atoms with Crippen LogP contribution in [0.15, 0.2) is 47.6 Å². The van der Waals surface area contributed by atoms with Crippen LogP contribution in [-0.4, -0.2) is 99.2 Å². The molecule has 4 rings (SSSR count). The van der Waals surface area contributed by atoms with Crippen molar-refractivity contribution in [3.8, 4) is 11.5 Å². The van der Waals surface area contributed by atoms with E-state index in [0.717, 1.165) is 41.9 Å². The molecule has 10 nitrogen and oxygen atoms in total. The molecule has 2 aromatic carbocycles. The van der Waals surface area contributed by atoms with Crippen LogP contribution in [0, 0.1) is 6.92 Å². The molecular formula is C30H41N5O5. The Kier molecular flexibility index (Phi) is 10.4. The molecule has 40 heavy (non-hydrogen) atoms. The number of rotatable bonds is 11. The molecule has 1 N–H and O–H groups in total. The second kappa shape index (κ2) is 14.1. The Hall–Kier alpha value is -3.63. The molecule has 0 saturated carbocycles. The van der Waals surface area contributed by atoms with Gasteiger partial charge >= 0.3 is 6.03 Å². The van der Waals surface area contributed by atoms with Crippen molar-refractivity contribution in [1.29, 1.82) is 0 Å². The van der Waals surface area contributed by atoms with Crippen molar-refractivity contribution in [3.05, 3.63) is 59.2 Å². The number of benzene rings is 2. The van der Waals surface area contributed by atoms with Crippen molar-refractivity contribution in [2.75, 3.05) is 66.7 Å². The first kappa shape index (κ1) is 29.4. The lowest BCUT2D eigenvalue weighted by Crippen LogP contribution is -2.49. The molecule has 3 amide bonds. The number of amides is 3. The molecule has 216 valence electrons. The van der Waals surface area contributed by atoms with Gasteiger partial charge < -0.3 is 24.4 Å². The van der Waals surface area contributed by atoms with Crippen LogP contribution in [0.4, 0.5) is 4.79 Å². The molecule has 10 heteroatoms. The normalized spacial score (nSPS) is 17.4. The topological polar surface area (TPSA) is 95.9 Å². The van der Waals surface area contributed by atoms with E-state index in [4.69, 9.17) is 19.3 Å². The van der Waals surface area contributed by atoms with E-state index < -0.39 is 0 Å². The highest BCUT2D eigenvalue weighted by molar-refractivity contribution is 6.05. The number of urea groups is 1. The van der Waals surface area contributed by atoms with E-state index in [1.165, 1.54) is 0 Å². The minimum atomic E-state index is -0.297. The van der Waals surface area contributed by atoms with Gasteiger partial charge in [0.15, 0.2) is 0 Å². The lowest BCUT2D eigenvalue weighted by molar-refractivity contribution is -0.133. The van der Waals surface area contributed by atoms with Crippen LogP contribution < -0.4 is 14.8 Å². The van der Waals surface area contributed by atoms with Gasteiger partial charge in [0.25, 0.3) is 5.91 Å². The number of methoxy groups -OCH3 is 2. The number of ether oxygens (including phenoxy) is 3. The van der Waals surface area contributed by atoms with E-state index in [9.17, 15) is 9.59 Å². The number of hydrazone groups is 1. The zero-order chi connectivity index (χ0) is 28.5. The summed E-state index contributed by atoms with van der Waals surface area (Å²) < 4.78 is 16.4. The van der Waals surface area contributed by atoms with Gasteiger partial charge in [-0.2, -0.15) is 5.10 Å². The molecule has 1 atom stereocenters. The molecule has 1 fully saturated rings. The molecule has 0 aromatic heterocycles. The average Bonchev–Trinajstić information content (AvgIpc) is 3.44. The zero-order valence-corrected chi connectivity index (χ0v) is 24.0. The van der Waals surface area contributed by atoms with Gasteiger partial charge in [-0.25, -0.2) is 9.80 Å². The number of hydrogen-bond acceptors (Lipinski definition) is 7. The number of carbonyl (C=O) groups is 2. The molecule has 2 aliphatic rings. The van der Waals surface area contributed by atoms with Crippen LogP contribution in [0.3, 0.4) is 0 Å². The number of carbonyl (C=O) groups excluding carboxylic acids is 2. The van der Waals surface area contributed by atoms with Gasteiger partial charge in [0, 0.05) is 50.8 Å². The van der Waals surface area contributed by atoms with Crippen molar-refractivity contribution in [3.63, 3.8) is 0 Å². The van der Waals surface area contributed by atoms with Gasteiger partial charge in [-0.1, -0.05) is 36.8 Å². The van der Waals surface area contributed by atoms with Gasteiger partial charge in [-0.15, -0.1) is 0 Å². The largest absolute Gasteiger partial charge is 0.497 e. The van der Waals surface area contributed by atoms with Crippen molar-refractivity contribution in [2.24, 2.45) is 5.10 Å². The van der Waals surface area contributed by atoms with E-state index in [2.05, 4.69) is 10.2 Å². The van der Waals surface area contributed by atoms with Crippen LogP contribution in [-0.2, 0) is 9.53 Å². The summed E-state index contributed by atoms with van der Waals surface area (Å²) in [7, 11) is 3.21. The maximum absolute atomic E-state index is 13.9. The third kappa shape index (κ3) is 7.31. The van der Waals surface area contributed by atoms with Gasteiger partial charge in [0.1, 0.15) is 18.0 Å². The Morgan fingerprint density at radius 2 is 1.85 bits per heavy atom. The second-order valence-electron chi connectivity index (χ2n) is 10.1. The molecule has 0 bridgehead atoms. The number of morpholine rings is 1. The molecule has 0 spiro atoms. The predicted octanol–water partition coefficient (Wildman–Crippen LogP) is 3.44. The van der Waals surface area contributed by atoms with Gasteiger partial charge in [-0.3, -0.25) is 9.69 Å². The van der Waals surface area contributed by atoms with Crippen molar-refractivity contribution in [1.82, 2.24) is 20.1 Å². The summed E-state index contributed by atoms with van der Waals surface area (Å²) in [5.74, 6) is 1.07. The highest BCUT2D eigenvalue weighted by atomic mass is 16.5. The van der Waals surface area contributed by atoms with E-state index in [1.54, 1.807) is 24.1 Å². The van der Waals surface area contributed by atoms with Gasteiger partial charge in [0.2, 0.25) is 0 Å². The highest BCUT2D eigenvalue weighted by Gasteiger charge is 2.35. The average molecular weight is 552 g/mol. The minimum Gasteiger partial charge on any atom is -0.497 e. The summed E-state index contributed by atoms with van der Waals surface area (Å²) >= 11 is 0. The van der Waals surface area contributed by atoms with Crippen LogP contribution in [0.2, 0.25) is 0 Å². The monoisotopic (exact) mass is 551 g/mol. The number of aryl methyl sites for hydroxylation is 1. The fourth-order valence-corrected chi connectivity index (χ4v) is 4.91. The quantitative estimate of drug-likeness (QED) is 0.460. The smallest absolute Gasteiger partial charge is 0.317 e. The number of nitrogens with one attached hydrogen (secondary N) is 1. The third-order valence-electron chi connectivity index (χ3n) is 7.28. The summed E-state index contributed by atoms with van der Waals surface area (Å²) in [5.41, 5.74) is 3.68. The zero-order valence-electron chi connectivity index (χ0n) is 24.0. The highest BCUT2D eigenvalue weighted by Crippen LogP contribution is 2.36. The lowest BCUT2D eigenvalue weighted by atomic mass is 9.97. The van der Waals surface area contributed by atoms with Crippen molar-refractivity contribution in [2.45, 2.75) is 32.7 Å². The Bertz CT molecular complexity index is 1180. The summed E-state index contributed by atoms with van der Waals surface area (Å²) in [6.07, 6.45) is 1.34. The van der Waals surface area contributed by atoms with E-state index in [-0.39, 0.29) is 24.5 Å². The first-order chi connectivity index (χ1) is 19.4. The summed E-state index contributed by atoms with van der Waals surface area (Å²) in [6, 6.07) is 13.2. The molecule has 2 aromatic rings. The minimum absolute atomic E-state index is 0.0707. The second-order valence-corrected chi connectivity index (χ2v) is 10.1. The molecule has 0 unspecified atom stereocenters. The van der Waals surface area contributed by atoms with E-state index in [0.29, 0.717) is 50.8 Å². The maximum Gasteiger partial charge on any atom is 0.317 e. The summed E-state index contributed by atoms with van der Waals surface area (Å²) in [4.78, 5) is 30.8. The molecule has 2 heterocycles. The molecular weight excluding hydrogens is 510 g/mol. The van der Waals surface area contributed by atoms with Crippen LogP contribution in [0.5, 0.6) is 11.5 Å². The summed E-state index contributed by atoms with van der Waals surface area (Å²) in [5, 5.41) is 9.30. The predicted molar refractivity (Wildman–Crippen MR) is 154 cm³/mol. The first-order valence-corrected chi connectivity index (χ1v) is 13.9. The van der Waals surface area contributed by atoms with Gasteiger partial charge in [-0.05, 0) is 31.0 Å². The number of hydrogen-bond donors (Lipinski definition) is 1. The lowest BCUT2D eigenvalue weighted by Gasteiger charge is -2.31. The fourth-order valence-electron chi connectivity index (χ4n) is 4.91. The van der Waals surface area contributed by atoms with Crippen LogP contribution in [0.1, 0.15) is 42.5 Å². The van der Waals surface area contributed by atoms with Crippen molar-refractivity contribution < 1.29 is 23.8 Å². The van der Waals surface area contributed by atoms with Crippen LogP contribution >= 0.6 is 0 Å². The first-order valence-electron chi connectivity index (χ1n) is 13.9. The Morgan fingerprint density at radius 3 is 2.52 bits per heavy atom. The summed E-state index contributed by atoms with van der Waals surface area (Å²) in [6.45, 7) is 8.63. The molecule has 1 saturated heterocycles. The van der Waals surface area contributed by atoms with Gasteiger partial charge in [0.05, 0.1) is 39.2 Å². The maximum atomic E-state index is 13.9. The van der Waals surface area contributed by atoms with Crippen molar-refractivity contribution >= 4 is 17.6 Å². The van der Waals surface area contributed by atoms with Crippen LogP contribution in [0.25, 0.3) is 0 Å². The molecule has 0 radical (unpaired) electrons. The number of nitrogens with zero attached hydrogens (tertiary/aromatic N) is 4. The Morgan fingerprint density at radius 1 is 1.10 bits per heavy atom. The third-order valence-corrected chi connectivity index (χ3v) is 7.28.